The Kier molecular flexibility index (Phi) is 7.38. The number of guanidine groups is 1. The van der Waals surface area contributed by atoms with Gasteiger partial charge in [-0.3, -0.25) is 0 Å². The highest BCUT2D eigenvalue weighted by atomic mass is 16.5. The number of benzene rings is 1. The lowest BCUT2D eigenvalue weighted by molar-refractivity contribution is 0.0243. The van der Waals surface area contributed by atoms with Crippen LogP contribution in [0, 0.1) is 0 Å². The number of methoxy groups -OCH3 is 3. The summed E-state index contributed by atoms with van der Waals surface area (Å²) in [6.07, 6.45) is 2.17. The minimum Gasteiger partial charge on any atom is -0.493 e. The summed E-state index contributed by atoms with van der Waals surface area (Å²) in [5.74, 6) is 2.60. The molecule has 0 amide bonds. The lowest BCUT2D eigenvalue weighted by atomic mass is 10.0. The average Bonchev–Trinajstić information content (AvgIpc) is 3.09. The van der Waals surface area contributed by atoms with Crippen LogP contribution < -0.4 is 24.8 Å². The molecule has 146 valence electrons. The molecular formula is C19H31N3O4. The molecule has 1 aliphatic rings. The summed E-state index contributed by atoms with van der Waals surface area (Å²) in [6.45, 7) is 7.02. The number of aliphatic imine (C=N–C) groups is 1. The Balaban J connectivity index is 2.10. The van der Waals surface area contributed by atoms with Crippen LogP contribution in [0.2, 0.25) is 0 Å². The summed E-state index contributed by atoms with van der Waals surface area (Å²) in [4.78, 5) is 4.67. The molecule has 2 N–H and O–H groups in total. The van der Waals surface area contributed by atoms with E-state index in [1.807, 2.05) is 19.1 Å². The van der Waals surface area contributed by atoms with Crippen LogP contribution in [0.3, 0.4) is 0 Å². The van der Waals surface area contributed by atoms with E-state index in [4.69, 9.17) is 18.9 Å². The van der Waals surface area contributed by atoms with Crippen LogP contribution in [0.1, 0.15) is 32.3 Å². The first kappa shape index (κ1) is 20.2. The average molecular weight is 365 g/mol. The van der Waals surface area contributed by atoms with Gasteiger partial charge >= 0.3 is 0 Å². The van der Waals surface area contributed by atoms with E-state index >= 15 is 0 Å². The molecule has 0 bridgehead atoms. The summed E-state index contributed by atoms with van der Waals surface area (Å²) in [5.41, 5.74) is 0.850. The molecule has 1 saturated heterocycles. The predicted molar refractivity (Wildman–Crippen MR) is 103 cm³/mol. The molecule has 1 fully saturated rings. The van der Waals surface area contributed by atoms with Crippen LogP contribution in [0.15, 0.2) is 17.1 Å². The van der Waals surface area contributed by atoms with Crippen LogP contribution in [-0.2, 0) is 11.3 Å². The highest BCUT2D eigenvalue weighted by Crippen LogP contribution is 2.38. The van der Waals surface area contributed by atoms with E-state index in [-0.39, 0.29) is 5.60 Å². The molecule has 7 nitrogen and oxygen atoms in total. The van der Waals surface area contributed by atoms with Gasteiger partial charge < -0.3 is 29.6 Å². The lowest BCUT2D eigenvalue weighted by Crippen LogP contribution is -2.45. The lowest BCUT2D eigenvalue weighted by Gasteiger charge is -2.24. The molecular weight excluding hydrogens is 334 g/mol. The summed E-state index contributed by atoms with van der Waals surface area (Å²) in [7, 11) is 4.81. The van der Waals surface area contributed by atoms with Crippen molar-refractivity contribution in [3.8, 4) is 17.2 Å². The van der Waals surface area contributed by atoms with E-state index in [9.17, 15) is 0 Å². The molecule has 0 radical (unpaired) electrons. The maximum Gasteiger partial charge on any atom is 0.203 e. The molecule has 0 aliphatic carbocycles. The van der Waals surface area contributed by atoms with Crippen molar-refractivity contribution in [3.63, 3.8) is 0 Å². The fraction of sp³-hybridized carbons (Fsp3) is 0.632. The van der Waals surface area contributed by atoms with Gasteiger partial charge in [0, 0.05) is 19.7 Å². The Morgan fingerprint density at radius 2 is 1.85 bits per heavy atom. The smallest absolute Gasteiger partial charge is 0.203 e. The van der Waals surface area contributed by atoms with Gasteiger partial charge in [-0.05, 0) is 44.4 Å². The summed E-state index contributed by atoms with van der Waals surface area (Å²) in [6, 6.07) is 3.83. The Labute approximate surface area is 156 Å². The largest absolute Gasteiger partial charge is 0.493 e. The van der Waals surface area contributed by atoms with Gasteiger partial charge in [0.2, 0.25) is 5.75 Å². The first-order valence-corrected chi connectivity index (χ1v) is 9.00. The maximum absolute atomic E-state index is 5.83. The van der Waals surface area contributed by atoms with Crippen molar-refractivity contribution in [1.82, 2.24) is 10.6 Å². The van der Waals surface area contributed by atoms with Crippen molar-refractivity contribution >= 4 is 5.96 Å². The third-order valence-electron chi connectivity index (χ3n) is 4.42. The van der Waals surface area contributed by atoms with Gasteiger partial charge in [0.25, 0.3) is 0 Å². The Bertz CT molecular complexity index is 588. The van der Waals surface area contributed by atoms with Crippen molar-refractivity contribution in [2.45, 2.75) is 38.8 Å². The standard InChI is InChI=1S/C19H31N3O4/c1-6-20-18(22-13-19(2)8-7-9-26-19)21-12-14-10-15(23-3)17(25-5)16(11-14)24-4/h10-11H,6-9,12-13H2,1-5H3,(H2,20,21,22). The van der Waals surface area contributed by atoms with Crippen molar-refractivity contribution in [1.29, 1.82) is 0 Å². The fourth-order valence-corrected chi connectivity index (χ4v) is 2.99. The monoisotopic (exact) mass is 365 g/mol. The second-order valence-corrected chi connectivity index (χ2v) is 6.48. The molecule has 26 heavy (non-hydrogen) atoms. The van der Waals surface area contributed by atoms with Gasteiger partial charge in [-0.2, -0.15) is 0 Å². The SMILES string of the molecule is CCNC(=NCc1cc(OC)c(OC)c(OC)c1)NCC1(C)CCCO1. The van der Waals surface area contributed by atoms with E-state index in [0.29, 0.717) is 23.8 Å². The van der Waals surface area contributed by atoms with Gasteiger partial charge in [-0.1, -0.05) is 0 Å². The minimum atomic E-state index is -0.122. The maximum atomic E-state index is 5.83. The molecule has 0 saturated carbocycles. The first-order valence-electron chi connectivity index (χ1n) is 9.00. The number of ether oxygens (including phenoxy) is 4. The van der Waals surface area contributed by atoms with Crippen LogP contribution in [0.4, 0.5) is 0 Å². The molecule has 0 aromatic heterocycles. The van der Waals surface area contributed by atoms with Gasteiger partial charge in [-0.25, -0.2) is 4.99 Å². The Morgan fingerprint density at radius 3 is 2.35 bits per heavy atom. The summed E-state index contributed by atoms with van der Waals surface area (Å²) in [5, 5.41) is 6.65. The van der Waals surface area contributed by atoms with E-state index in [2.05, 4.69) is 22.5 Å². The molecule has 1 aliphatic heterocycles. The zero-order chi connectivity index (χ0) is 19.0. The van der Waals surface area contributed by atoms with Crippen molar-refractivity contribution in [2.75, 3.05) is 41.0 Å². The first-order chi connectivity index (χ1) is 12.5. The summed E-state index contributed by atoms with van der Waals surface area (Å²) < 4.78 is 22.0. The zero-order valence-corrected chi connectivity index (χ0v) is 16.5. The van der Waals surface area contributed by atoms with Crippen LogP contribution in [-0.4, -0.2) is 52.6 Å². The van der Waals surface area contributed by atoms with Gasteiger partial charge in [0.1, 0.15) is 0 Å². The van der Waals surface area contributed by atoms with Crippen LogP contribution >= 0.6 is 0 Å². The normalized spacial score (nSPS) is 20.0. The molecule has 1 aromatic rings. The molecule has 1 atom stereocenters. The van der Waals surface area contributed by atoms with Crippen molar-refractivity contribution in [2.24, 2.45) is 4.99 Å². The zero-order valence-electron chi connectivity index (χ0n) is 16.5. The number of hydrogen-bond donors (Lipinski definition) is 2. The molecule has 1 heterocycles. The van der Waals surface area contributed by atoms with Gasteiger partial charge in [0.05, 0.1) is 33.5 Å². The van der Waals surface area contributed by atoms with E-state index in [1.165, 1.54) is 0 Å². The highest BCUT2D eigenvalue weighted by Gasteiger charge is 2.29. The third kappa shape index (κ3) is 5.17. The quantitative estimate of drug-likeness (QED) is 0.544. The second-order valence-electron chi connectivity index (χ2n) is 6.48. The van der Waals surface area contributed by atoms with Crippen molar-refractivity contribution < 1.29 is 18.9 Å². The number of hydrogen-bond acceptors (Lipinski definition) is 5. The van der Waals surface area contributed by atoms with E-state index in [0.717, 1.165) is 44.1 Å². The predicted octanol–water partition coefficient (Wildman–Crippen LogP) is 2.34. The van der Waals surface area contributed by atoms with E-state index < -0.39 is 0 Å². The molecule has 1 aromatic carbocycles. The van der Waals surface area contributed by atoms with Gasteiger partial charge in [-0.15, -0.1) is 0 Å². The van der Waals surface area contributed by atoms with Crippen molar-refractivity contribution in [3.05, 3.63) is 17.7 Å². The number of rotatable bonds is 8. The number of nitrogens with zero attached hydrogens (tertiary/aromatic N) is 1. The number of nitrogens with one attached hydrogen (secondary N) is 2. The summed E-state index contributed by atoms with van der Waals surface area (Å²) >= 11 is 0. The fourth-order valence-electron chi connectivity index (χ4n) is 2.99. The molecule has 1 unspecified atom stereocenters. The molecule has 0 spiro atoms. The van der Waals surface area contributed by atoms with E-state index in [1.54, 1.807) is 21.3 Å². The second kappa shape index (κ2) is 9.52. The Morgan fingerprint density at radius 1 is 1.15 bits per heavy atom. The molecule has 7 heteroatoms. The minimum absolute atomic E-state index is 0.122. The third-order valence-corrected chi connectivity index (χ3v) is 4.42. The highest BCUT2D eigenvalue weighted by molar-refractivity contribution is 5.79. The Hall–Kier alpha value is -2.15. The molecule has 2 rings (SSSR count). The van der Waals surface area contributed by atoms with Gasteiger partial charge in [0.15, 0.2) is 17.5 Å². The topological polar surface area (TPSA) is 73.3 Å². The van der Waals surface area contributed by atoms with Crippen LogP contribution in [0.25, 0.3) is 0 Å². The van der Waals surface area contributed by atoms with Crippen LogP contribution in [0.5, 0.6) is 17.2 Å².